The highest BCUT2D eigenvalue weighted by Crippen LogP contribution is 2.69. The number of hydrogen-bond acceptors (Lipinski definition) is 3. The van der Waals surface area contributed by atoms with Gasteiger partial charge < -0.3 is 20.4 Å². The predicted octanol–water partition coefficient (Wildman–Crippen LogP) is 2.29. The minimum absolute atomic E-state index is 0.152. The summed E-state index contributed by atoms with van der Waals surface area (Å²) < 4.78 is 5.38. The van der Waals surface area contributed by atoms with E-state index in [1.165, 1.54) is 19.3 Å². The van der Waals surface area contributed by atoms with Crippen molar-refractivity contribution in [1.82, 2.24) is 9.88 Å². The summed E-state index contributed by atoms with van der Waals surface area (Å²) in [7, 11) is 1.61. The normalized spacial score (nSPS) is 32.2. The fourth-order valence-corrected chi connectivity index (χ4v) is 5.39. The zero-order valence-electron chi connectivity index (χ0n) is 14.8. The lowest BCUT2D eigenvalue weighted by molar-refractivity contribution is -0.147. The minimum Gasteiger partial charge on any atom is -0.496 e. The Morgan fingerprint density at radius 3 is 2.69 bits per heavy atom. The Labute approximate surface area is 151 Å². The average Bonchev–Trinajstić information content (AvgIpc) is 3.15. The molecule has 1 aromatic heterocycles. The van der Waals surface area contributed by atoms with Gasteiger partial charge in [0.1, 0.15) is 17.5 Å². The third-order valence-corrected chi connectivity index (χ3v) is 6.92. The van der Waals surface area contributed by atoms with Crippen molar-refractivity contribution < 1.29 is 14.3 Å². The summed E-state index contributed by atoms with van der Waals surface area (Å²) in [6, 6.07) is 6.96. The molecular weight excluding hydrogens is 330 g/mol. The first-order valence-electron chi connectivity index (χ1n) is 9.27. The molecular formula is C20H23N3O3. The first-order valence-corrected chi connectivity index (χ1v) is 9.27. The fraction of sp³-hybridized carbons (Fsp3) is 0.500. The van der Waals surface area contributed by atoms with E-state index in [-0.39, 0.29) is 5.91 Å². The molecule has 3 saturated carbocycles. The van der Waals surface area contributed by atoms with Crippen LogP contribution < -0.4 is 10.5 Å². The Morgan fingerprint density at radius 1 is 1.31 bits per heavy atom. The molecule has 26 heavy (non-hydrogen) atoms. The van der Waals surface area contributed by atoms with Crippen LogP contribution in [0.1, 0.15) is 36.2 Å². The second-order valence-electron chi connectivity index (χ2n) is 8.25. The van der Waals surface area contributed by atoms with E-state index in [1.807, 2.05) is 24.3 Å². The Balaban J connectivity index is 1.45. The van der Waals surface area contributed by atoms with Gasteiger partial charge in [-0.2, -0.15) is 0 Å². The van der Waals surface area contributed by atoms with E-state index in [9.17, 15) is 9.59 Å². The lowest BCUT2D eigenvalue weighted by atomic mass is 9.40. The number of fused-ring (bicyclic) bond motifs is 1. The third-order valence-electron chi connectivity index (χ3n) is 6.92. The number of benzene rings is 1. The van der Waals surface area contributed by atoms with E-state index in [0.717, 1.165) is 22.6 Å². The van der Waals surface area contributed by atoms with Gasteiger partial charge in [0.05, 0.1) is 7.11 Å². The van der Waals surface area contributed by atoms with Gasteiger partial charge in [-0.25, -0.2) is 0 Å². The number of aromatic amines is 1. The van der Waals surface area contributed by atoms with E-state index in [2.05, 4.69) is 4.98 Å². The van der Waals surface area contributed by atoms with Crippen LogP contribution in [0.15, 0.2) is 24.3 Å². The predicted molar refractivity (Wildman–Crippen MR) is 96.8 cm³/mol. The van der Waals surface area contributed by atoms with E-state index < -0.39 is 11.9 Å². The topological polar surface area (TPSA) is 88.4 Å². The van der Waals surface area contributed by atoms with Crippen molar-refractivity contribution in [2.45, 2.75) is 31.7 Å². The van der Waals surface area contributed by atoms with Crippen molar-refractivity contribution >= 4 is 22.7 Å². The Kier molecular flexibility index (Phi) is 3.18. The Morgan fingerprint density at radius 2 is 2.08 bits per heavy atom. The number of methoxy groups -OCH3 is 1. The molecule has 4 aliphatic rings. The number of likely N-dealkylation sites (tertiary alicyclic amines) is 1. The van der Waals surface area contributed by atoms with E-state index >= 15 is 0 Å². The number of carbonyl (C=O) groups excluding carboxylic acids is 2. The third kappa shape index (κ3) is 2.04. The molecule has 6 rings (SSSR count). The molecule has 4 fully saturated rings. The van der Waals surface area contributed by atoms with Crippen LogP contribution >= 0.6 is 0 Å². The molecule has 2 aromatic rings. The number of nitrogens with one attached hydrogen (secondary N) is 1. The van der Waals surface area contributed by atoms with Crippen LogP contribution in [0.3, 0.4) is 0 Å². The van der Waals surface area contributed by atoms with Crippen molar-refractivity contribution in [3.05, 3.63) is 30.0 Å². The molecule has 6 heteroatoms. The van der Waals surface area contributed by atoms with E-state index in [4.69, 9.17) is 10.5 Å². The molecule has 2 amide bonds. The lowest BCUT2D eigenvalue weighted by Gasteiger charge is -2.65. The van der Waals surface area contributed by atoms with Gasteiger partial charge >= 0.3 is 0 Å². The van der Waals surface area contributed by atoms with Crippen molar-refractivity contribution in [2.24, 2.45) is 23.0 Å². The molecule has 2 unspecified atom stereocenters. The number of hydrogen-bond donors (Lipinski definition) is 2. The smallest absolute Gasteiger partial charge is 0.270 e. The maximum Gasteiger partial charge on any atom is 0.270 e. The highest BCUT2D eigenvalue weighted by atomic mass is 16.5. The number of nitrogens with two attached hydrogens (primary N) is 1. The summed E-state index contributed by atoms with van der Waals surface area (Å²) in [5.74, 6) is 1.44. The lowest BCUT2D eigenvalue weighted by Crippen LogP contribution is -2.56. The Bertz CT molecular complexity index is 901. The first-order chi connectivity index (χ1) is 12.5. The van der Waals surface area contributed by atoms with Crippen molar-refractivity contribution in [3.63, 3.8) is 0 Å². The van der Waals surface area contributed by atoms with E-state index in [1.54, 1.807) is 12.0 Å². The zero-order chi connectivity index (χ0) is 18.1. The monoisotopic (exact) mass is 353 g/mol. The first kappa shape index (κ1) is 15.7. The van der Waals surface area contributed by atoms with Gasteiger partial charge in [0, 0.05) is 17.4 Å². The number of nitrogens with zero attached hydrogens (tertiary/aromatic N) is 1. The highest BCUT2D eigenvalue weighted by Gasteiger charge is 2.62. The number of aromatic nitrogens is 1. The van der Waals surface area contributed by atoms with Gasteiger partial charge in [-0.1, -0.05) is 6.07 Å². The van der Waals surface area contributed by atoms with Gasteiger partial charge in [-0.3, -0.25) is 9.59 Å². The quantitative estimate of drug-likeness (QED) is 0.884. The number of amides is 2. The summed E-state index contributed by atoms with van der Waals surface area (Å²) >= 11 is 0. The molecule has 136 valence electrons. The average molecular weight is 353 g/mol. The van der Waals surface area contributed by atoms with Crippen LogP contribution in [0.5, 0.6) is 5.75 Å². The minimum atomic E-state index is -0.505. The number of primary amides is 1. The summed E-state index contributed by atoms with van der Waals surface area (Å²) in [6.45, 7) is 0.631. The number of carbonyl (C=O) groups is 2. The summed E-state index contributed by atoms with van der Waals surface area (Å²) in [4.78, 5) is 30.0. The van der Waals surface area contributed by atoms with Gasteiger partial charge in [-0.15, -0.1) is 0 Å². The second kappa shape index (κ2) is 5.25. The largest absolute Gasteiger partial charge is 0.496 e. The van der Waals surface area contributed by atoms with Crippen LogP contribution in [0.4, 0.5) is 0 Å². The molecule has 6 nitrogen and oxygen atoms in total. The van der Waals surface area contributed by atoms with Crippen molar-refractivity contribution in [2.75, 3.05) is 13.7 Å². The van der Waals surface area contributed by atoms with Crippen LogP contribution in [0.25, 0.3) is 10.9 Å². The molecule has 1 saturated heterocycles. The van der Waals surface area contributed by atoms with E-state index in [0.29, 0.717) is 30.0 Å². The number of ether oxygens (including phenoxy) is 1. The molecule has 3 N–H and O–H groups in total. The van der Waals surface area contributed by atoms with Crippen LogP contribution in [0.2, 0.25) is 0 Å². The number of rotatable bonds is 4. The SMILES string of the molecule is COc1cccc2[nH]c(C(=O)N3CC(C45CC(C4)C5)CC3C(N)=O)cc12. The maximum atomic E-state index is 13.2. The van der Waals surface area contributed by atoms with Gasteiger partial charge in [-0.05, 0) is 61.1 Å². The fourth-order valence-electron chi connectivity index (χ4n) is 5.39. The van der Waals surface area contributed by atoms with Gasteiger partial charge in [0.15, 0.2) is 0 Å². The van der Waals surface area contributed by atoms with Crippen LogP contribution in [-0.4, -0.2) is 41.4 Å². The van der Waals surface area contributed by atoms with Crippen molar-refractivity contribution in [3.8, 4) is 5.75 Å². The molecule has 0 radical (unpaired) electrons. The Hall–Kier alpha value is -2.50. The molecule has 1 aliphatic heterocycles. The summed E-state index contributed by atoms with van der Waals surface area (Å²) in [5.41, 5.74) is 7.34. The molecule has 2 heterocycles. The molecule has 2 atom stereocenters. The van der Waals surface area contributed by atoms with Gasteiger partial charge in [0.25, 0.3) is 5.91 Å². The molecule has 0 spiro atoms. The summed E-state index contributed by atoms with van der Waals surface area (Å²) in [6.07, 6.45) is 4.48. The van der Waals surface area contributed by atoms with Crippen LogP contribution in [0, 0.1) is 17.3 Å². The maximum absolute atomic E-state index is 13.2. The highest BCUT2D eigenvalue weighted by molar-refractivity contribution is 6.01. The summed E-state index contributed by atoms with van der Waals surface area (Å²) in [5, 5.41) is 0.865. The van der Waals surface area contributed by atoms with Gasteiger partial charge in [0.2, 0.25) is 5.91 Å². The molecule has 3 aliphatic carbocycles. The second-order valence-corrected chi connectivity index (χ2v) is 8.25. The molecule has 1 aromatic carbocycles. The standard InChI is InChI=1S/C20H23N3O3/c1-26-17-4-2-3-14-13(17)6-15(22-14)19(25)23-10-12(5-16(23)18(21)24)20-7-11(8-20)9-20/h2-4,6,11-12,16,22H,5,7-10H2,1H3,(H2,21,24). The van der Waals surface area contributed by atoms with Crippen LogP contribution in [-0.2, 0) is 4.79 Å². The molecule has 2 bridgehead atoms. The zero-order valence-corrected chi connectivity index (χ0v) is 14.8. The number of H-pyrrole nitrogens is 1. The van der Waals surface area contributed by atoms with Crippen molar-refractivity contribution in [1.29, 1.82) is 0 Å².